The van der Waals surface area contributed by atoms with Crippen LogP contribution in [0.25, 0.3) is 12.2 Å². The van der Waals surface area contributed by atoms with E-state index in [1.54, 1.807) is 42.5 Å². The van der Waals surface area contributed by atoms with Gasteiger partial charge >= 0.3 is 0 Å². The third-order valence-electron chi connectivity index (χ3n) is 5.50. The maximum absolute atomic E-state index is 10.9. The van der Waals surface area contributed by atoms with Crippen LogP contribution in [0.3, 0.4) is 0 Å². The van der Waals surface area contributed by atoms with Crippen LogP contribution in [-0.2, 0) is 13.2 Å². The molecule has 0 radical (unpaired) electrons. The SMILES string of the molecule is C=Cc1ccc(COc2ccc(N=Nc3ccc([N+](=O)[O-])cc3)c(OCc3ccc(C=C)cc3)c2)cc1. The van der Waals surface area contributed by atoms with Crippen molar-refractivity contribution in [3.63, 3.8) is 0 Å². The van der Waals surface area contributed by atoms with Crippen LogP contribution in [0.4, 0.5) is 17.1 Å². The van der Waals surface area contributed by atoms with Crippen LogP contribution in [-0.4, -0.2) is 4.92 Å². The first kappa shape index (κ1) is 25.1. The molecule has 0 aliphatic rings. The molecule has 0 saturated heterocycles. The highest BCUT2D eigenvalue weighted by Crippen LogP contribution is 2.34. The molecule has 0 fully saturated rings. The van der Waals surface area contributed by atoms with Gasteiger partial charge in [-0.05, 0) is 46.5 Å². The summed E-state index contributed by atoms with van der Waals surface area (Å²) < 4.78 is 12.1. The van der Waals surface area contributed by atoms with Gasteiger partial charge in [-0.1, -0.05) is 73.8 Å². The molecule has 0 heterocycles. The quantitative estimate of drug-likeness (QED) is 0.120. The van der Waals surface area contributed by atoms with Crippen molar-refractivity contribution in [1.82, 2.24) is 0 Å². The van der Waals surface area contributed by atoms with Crippen LogP contribution >= 0.6 is 0 Å². The summed E-state index contributed by atoms with van der Waals surface area (Å²) in [5.41, 5.74) is 5.06. The molecular weight excluding hydrogens is 466 g/mol. The molecule has 4 aromatic rings. The molecule has 0 bridgehead atoms. The molecule has 4 aromatic carbocycles. The molecule has 0 aliphatic heterocycles. The first-order chi connectivity index (χ1) is 18.0. The third-order valence-corrected chi connectivity index (χ3v) is 5.50. The largest absolute Gasteiger partial charge is 0.489 e. The Morgan fingerprint density at radius 1 is 0.730 bits per heavy atom. The van der Waals surface area contributed by atoms with Crippen molar-refractivity contribution in [2.75, 3.05) is 0 Å². The van der Waals surface area contributed by atoms with Gasteiger partial charge in [-0.15, -0.1) is 5.11 Å². The lowest BCUT2D eigenvalue weighted by molar-refractivity contribution is -0.384. The number of rotatable bonds is 11. The average molecular weight is 492 g/mol. The van der Waals surface area contributed by atoms with E-state index >= 15 is 0 Å². The maximum Gasteiger partial charge on any atom is 0.269 e. The van der Waals surface area contributed by atoms with Gasteiger partial charge in [0.1, 0.15) is 24.7 Å². The standard InChI is InChI=1S/C30H25N3O4/c1-3-22-5-9-24(10-6-22)20-36-28-17-18-29(32-31-26-13-15-27(16-14-26)33(34)35)30(19-28)37-21-25-11-7-23(4-2)8-12-25/h3-19H,1-2,20-21H2. The summed E-state index contributed by atoms with van der Waals surface area (Å²) in [7, 11) is 0. The zero-order valence-electron chi connectivity index (χ0n) is 20.1. The van der Waals surface area contributed by atoms with Crippen molar-refractivity contribution in [2.45, 2.75) is 13.2 Å². The average Bonchev–Trinajstić information content (AvgIpc) is 2.95. The molecule has 0 spiro atoms. The van der Waals surface area contributed by atoms with Crippen molar-refractivity contribution in [1.29, 1.82) is 0 Å². The molecular formula is C30H25N3O4. The Kier molecular flexibility index (Phi) is 8.18. The Morgan fingerprint density at radius 3 is 1.84 bits per heavy atom. The molecule has 7 nitrogen and oxygen atoms in total. The summed E-state index contributed by atoms with van der Waals surface area (Å²) >= 11 is 0. The normalized spacial score (nSPS) is 10.7. The van der Waals surface area contributed by atoms with Gasteiger partial charge in [0.15, 0.2) is 5.75 Å². The first-order valence-electron chi connectivity index (χ1n) is 11.5. The zero-order valence-corrected chi connectivity index (χ0v) is 20.1. The van der Waals surface area contributed by atoms with Gasteiger partial charge < -0.3 is 9.47 Å². The minimum Gasteiger partial charge on any atom is -0.489 e. The second-order valence-corrected chi connectivity index (χ2v) is 8.07. The summed E-state index contributed by atoms with van der Waals surface area (Å²) in [5.74, 6) is 1.12. The topological polar surface area (TPSA) is 86.3 Å². The molecule has 0 aromatic heterocycles. The van der Waals surface area contributed by atoms with Gasteiger partial charge in [-0.3, -0.25) is 10.1 Å². The van der Waals surface area contributed by atoms with Crippen molar-refractivity contribution >= 4 is 29.2 Å². The summed E-state index contributed by atoms with van der Waals surface area (Å²) in [6, 6.07) is 27.0. The maximum atomic E-state index is 10.9. The zero-order chi connectivity index (χ0) is 26.0. The summed E-state index contributed by atoms with van der Waals surface area (Å²) in [4.78, 5) is 10.4. The molecule has 0 atom stereocenters. The highest BCUT2D eigenvalue weighted by Gasteiger charge is 2.09. The Hall–Kier alpha value is -5.04. The van der Waals surface area contributed by atoms with Crippen LogP contribution in [0.1, 0.15) is 22.3 Å². The predicted octanol–water partition coefficient (Wildman–Crippen LogP) is 8.45. The van der Waals surface area contributed by atoms with E-state index < -0.39 is 4.92 Å². The van der Waals surface area contributed by atoms with Gasteiger partial charge in [-0.25, -0.2) is 0 Å². The summed E-state index contributed by atoms with van der Waals surface area (Å²) in [6.07, 6.45) is 3.58. The van der Waals surface area contributed by atoms with Crippen molar-refractivity contribution in [3.8, 4) is 11.5 Å². The van der Waals surface area contributed by atoms with Gasteiger partial charge in [-0.2, -0.15) is 5.11 Å². The minimum atomic E-state index is -0.457. The molecule has 4 rings (SSSR count). The number of nitro groups is 1. The minimum absolute atomic E-state index is 0.00826. The third kappa shape index (κ3) is 6.99. The van der Waals surface area contributed by atoms with E-state index in [1.807, 2.05) is 48.5 Å². The van der Waals surface area contributed by atoms with Crippen LogP contribution in [0.15, 0.2) is 114 Å². The Labute approximate surface area is 215 Å². The number of azo groups is 1. The van der Waals surface area contributed by atoms with Crippen LogP contribution < -0.4 is 9.47 Å². The lowest BCUT2D eigenvalue weighted by Crippen LogP contribution is -1.98. The number of nitro benzene ring substituents is 1. The number of hydrogen-bond acceptors (Lipinski definition) is 6. The number of non-ortho nitro benzene ring substituents is 1. The van der Waals surface area contributed by atoms with Crippen LogP contribution in [0, 0.1) is 10.1 Å². The number of nitrogens with zero attached hydrogens (tertiary/aromatic N) is 3. The Balaban J connectivity index is 1.53. The predicted molar refractivity (Wildman–Crippen MR) is 145 cm³/mol. The fourth-order valence-corrected chi connectivity index (χ4v) is 3.36. The second kappa shape index (κ2) is 12.1. The van der Waals surface area contributed by atoms with E-state index in [4.69, 9.17) is 9.47 Å². The van der Waals surface area contributed by atoms with Crippen molar-refractivity contribution in [3.05, 3.63) is 137 Å². The summed E-state index contributed by atoms with van der Waals surface area (Å²) in [5, 5.41) is 19.4. The molecule has 0 saturated carbocycles. The van der Waals surface area contributed by atoms with E-state index in [0.717, 1.165) is 22.3 Å². The highest BCUT2D eigenvalue weighted by molar-refractivity contribution is 5.56. The van der Waals surface area contributed by atoms with E-state index in [9.17, 15) is 10.1 Å². The van der Waals surface area contributed by atoms with Crippen molar-refractivity contribution < 1.29 is 14.4 Å². The van der Waals surface area contributed by atoms with Crippen LogP contribution in [0.2, 0.25) is 0 Å². The van der Waals surface area contributed by atoms with Crippen LogP contribution in [0.5, 0.6) is 11.5 Å². The molecule has 7 heteroatoms. The molecule has 0 aliphatic carbocycles. The number of hydrogen-bond donors (Lipinski definition) is 0. The van der Waals surface area contributed by atoms with E-state index in [0.29, 0.717) is 36.1 Å². The number of benzene rings is 4. The smallest absolute Gasteiger partial charge is 0.269 e. The van der Waals surface area contributed by atoms with E-state index in [2.05, 4.69) is 23.4 Å². The fourth-order valence-electron chi connectivity index (χ4n) is 3.36. The van der Waals surface area contributed by atoms with Crippen molar-refractivity contribution in [2.24, 2.45) is 10.2 Å². The Morgan fingerprint density at radius 2 is 1.30 bits per heavy atom. The van der Waals surface area contributed by atoms with Gasteiger partial charge in [0.2, 0.25) is 0 Å². The van der Waals surface area contributed by atoms with E-state index in [1.165, 1.54) is 12.1 Å². The number of ether oxygens (including phenoxy) is 2. The molecule has 0 amide bonds. The lowest BCUT2D eigenvalue weighted by Gasteiger charge is -2.12. The van der Waals surface area contributed by atoms with E-state index in [-0.39, 0.29) is 5.69 Å². The summed E-state index contributed by atoms with van der Waals surface area (Å²) in [6.45, 7) is 8.26. The highest BCUT2D eigenvalue weighted by atomic mass is 16.6. The first-order valence-corrected chi connectivity index (χ1v) is 11.5. The second-order valence-electron chi connectivity index (χ2n) is 8.07. The van der Waals surface area contributed by atoms with Gasteiger partial charge in [0, 0.05) is 18.2 Å². The van der Waals surface area contributed by atoms with Gasteiger partial charge in [0.05, 0.1) is 10.6 Å². The Bertz CT molecular complexity index is 1410. The molecule has 184 valence electrons. The molecule has 0 unspecified atom stereocenters. The molecule has 0 N–H and O–H groups in total. The lowest BCUT2D eigenvalue weighted by atomic mass is 10.1. The monoisotopic (exact) mass is 491 g/mol. The fraction of sp³-hybridized carbons (Fsp3) is 0.0667. The van der Waals surface area contributed by atoms with Gasteiger partial charge in [0.25, 0.3) is 5.69 Å². The molecule has 37 heavy (non-hydrogen) atoms.